The maximum atomic E-state index is 12.5. The molecule has 0 heterocycles. The molecule has 0 saturated heterocycles. The minimum absolute atomic E-state index is 0.00576. The molecule has 0 aliphatic heterocycles. The van der Waals surface area contributed by atoms with Crippen LogP contribution in [-0.4, -0.2) is 27.9 Å². The summed E-state index contributed by atoms with van der Waals surface area (Å²) in [7, 11) is -2.36. The predicted octanol–water partition coefficient (Wildman–Crippen LogP) is 1.31. The molecule has 0 fully saturated rings. The smallest absolute Gasteiger partial charge is 0.318 e. The summed E-state index contributed by atoms with van der Waals surface area (Å²) in [6, 6.07) is 11.7. The first-order valence-electron chi connectivity index (χ1n) is 7.11. The molecule has 25 heavy (non-hydrogen) atoms. The average molecular weight is 363 g/mol. The van der Waals surface area contributed by atoms with Crippen molar-refractivity contribution in [2.45, 2.75) is 4.90 Å². The molecule has 0 radical (unpaired) electrons. The van der Waals surface area contributed by atoms with Gasteiger partial charge < -0.3 is 10.6 Å². The van der Waals surface area contributed by atoms with Crippen LogP contribution in [0.4, 0.5) is 21.9 Å². The van der Waals surface area contributed by atoms with E-state index >= 15 is 0 Å². The lowest BCUT2D eigenvalue weighted by Gasteiger charge is -2.11. The Kier molecular flexibility index (Phi) is 5.79. The van der Waals surface area contributed by atoms with Gasteiger partial charge in [-0.05, 0) is 42.5 Å². The van der Waals surface area contributed by atoms with Gasteiger partial charge in [0, 0.05) is 18.4 Å². The van der Waals surface area contributed by atoms with E-state index in [9.17, 15) is 18.0 Å². The molecule has 9 nitrogen and oxygen atoms in total. The van der Waals surface area contributed by atoms with E-state index in [2.05, 4.69) is 26.2 Å². The van der Waals surface area contributed by atoms with Crippen molar-refractivity contribution in [3.8, 4) is 0 Å². The number of benzene rings is 2. The lowest BCUT2D eigenvalue weighted by Crippen LogP contribution is -2.24. The van der Waals surface area contributed by atoms with Gasteiger partial charge >= 0.3 is 6.03 Å². The van der Waals surface area contributed by atoms with Crippen LogP contribution in [0.25, 0.3) is 0 Å². The third-order valence-corrected chi connectivity index (χ3v) is 4.42. The van der Waals surface area contributed by atoms with Crippen molar-refractivity contribution in [2.75, 3.05) is 22.5 Å². The van der Waals surface area contributed by atoms with Gasteiger partial charge in [-0.25, -0.2) is 13.2 Å². The van der Waals surface area contributed by atoms with Crippen molar-refractivity contribution in [1.29, 1.82) is 0 Å². The number of anilines is 3. The van der Waals surface area contributed by atoms with Gasteiger partial charge in [-0.3, -0.25) is 20.4 Å². The van der Waals surface area contributed by atoms with Crippen molar-refractivity contribution in [1.82, 2.24) is 10.7 Å². The Labute approximate surface area is 144 Å². The number of hydrogen-bond acceptors (Lipinski definition) is 5. The first-order chi connectivity index (χ1) is 11.9. The zero-order valence-corrected chi connectivity index (χ0v) is 14.1. The van der Waals surface area contributed by atoms with E-state index in [0.717, 1.165) is 0 Å². The van der Waals surface area contributed by atoms with Crippen molar-refractivity contribution in [3.63, 3.8) is 0 Å². The number of urea groups is 1. The molecule has 0 aromatic heterocycles. The molecule has 2 aromatic rings. The number of rotatable bonds is 7. The number of hydrogen-bond donors (Lipinski definition) is 5. The average Bonchev–Trinajstić information content (AvgIpc) is 2.61. The lowest BCUT2D eigenvalue weighted by molar-refractivity contribution is -0.109. The fourth-order valence-corrected chi connectivity index (χ4v) is 2.99. The summed E-state index contributed by atoms with van der Waals surface area (Å²) in [4.78, 5) is 21.5. The van der Waals surface area contributed by atoms with Crippen LogP contribution in [0.2, 0.25) is 0 Å². The number of carbonyl (C=O) groups is 2. The normalized spacial score (nSPS) is 10.4. The van der Waals surface area contributed by atoms with Crippen LogP contribution >= 0.6 is 0 Å². The predicted molar refractivity (Wildman–Crippen MR) is 94.6 cm³/mol. The zero-order valence-electron chi connectivity index (χ0n) is 13.2. The van der Waals surface area contributed by atoms with Crippen LogP contribution in [0, 0.1) is 0 Å². The molecular formula is C15H17N5O4S. The number of sulfonamides is 1. The molecule has 0 aliphatic rings. The number of carbonyl (C=O) groups excluding carboxylic acids is 2. The van der Waals surface area contributed by atoms with E-state index in [1.807, 2.05) is 0 Å². The Bertz CT molecular complexity index is 852. The quantitative estimate of drug-likeness (QED) is 0.374. The van der Waals surface area contributed by atoms with E-state index in [4.69, 9.17) is 0 Å². The Balaban J connectivity index is 2.14. The van der Waals surface area contributed by atoms with Crippen molar-refractivity contribution in [2.24, 2.45) is 0 Å². The van der Waals surface area contributed by atoms with Gasteiger partial charge in [0.2, 0.25) is 6.41 Å². The van der Waals surface area contributed by atoms with Crippen LogP contribution in [0.15, 0.2) is 53.4 Å². The van der Waals surface area contributed by atoms with Gasteiger partial charge in [-0.15, -0.1) is 0 Å². The summed E-state index contributed by atoms with van der Waals surface area (Å²) in [6.07, 6.45) is 0.483. The summed E-state index contributed by atoms with van der Waals surface area (Å²) in [5, 5.41) is 4.89. The molecule has 0 saturated carbocycles. The summed E-state index contributed by atoms with van der Waals surface area (Å²) < 4.78 is 27.3. The Morgan fingerprint density at radius 2 is 1.68 bits per heavy atom. The van der Waals surface area contributed by atoms with E-state index in [1.165, 1.54) is 25.2 Å². The summed E-state index contributed by atoms with van der Waals surface area (Å²) in [5.41, 5.74) is 6.17. The molecule has 5 N–H and O–H groups in total. The van der Waals surface area contributed by atoms with E-state index in [0.29, 0.717) is 23.5 Å². The third-order valence-electron chi connectivity index (χ3n) is 3.04. The van der Waals surface area contributed by atoms with Gasteiger partial charge in [0.1, 0.15) is 0 Å². The Morgan fingerprint density at radius 1 is 1.00 bits per heavy atom. The Morgan fingerprint density at radius 3 is 2.32 bits per heavy atom. The highest BCUT2D eigenvalue weighted by atomic mass is 32.2. The monoisotopic (exact) mass is 363 g/mol. The minimum atomic E-state index is -3.82. The molecule has 0 aliphatic carbocycles. The number of nitrogens with one attached hydrogen (secondary N) is 5. The van der Waals surface area contributed by atoms with E-state index in [1.54, 1.807) is 30.3 Å². The van der Waals surface area contributed by atoms with Crippen LogP contribution < -0.4 is 26.2 Å². The highest BCUT2D eigenvalue weighted by Crippen LogP contribution is 2.20. The van der Waals surface area contributed by atoms with Gasteiger partial charge in [0.05, 0.1) is 10.6 Å². The molecule has 0 bridgehead atoms. The van der Waals surface area contributed by atoms with Crippen molar-refractivity contribution >= 4 is 39.5 Å². The minimum Gasteiger partial charge on any atom is -0.341 e. The van der Waals surface area contributed by atoms with Gasteiger partial charge in [-0.1, -0.05) is 6.07 Å². The maximum Gasteiger partial charge on any atom is 0.318 e. The van der Waals surface area contributed by atoms with E-state index in [-0.39, 0.29) is 4.90 Å². The molecule has 0 spiro atoms. The highest BCUT2D eigenvalue weighted by Gasteiger charge is 2.15. The SMILES string of the molecule is CNC(=O)Nc1cccc(S(=O)(=O)Nc2ccc(NNC=O)cc2)c1. The second-order valence-corrected chi connectivity index (χ2v) is 6.48. The summed E-state index contributed by atoms with van der Waals surface area (Å²) in [6.45, 7) is 0. The molecule has 10 heteroatoms. The van der Waals surface area contributed by atoms with Crippen LogP contribution in [0.5, 0.6) is 0 Å². The highest BCUT2D eigenvalue weighted by molar-refractivity contribution is 7.92. The second-order valence-electron chi connectivity index (χ2n) is 4.80. The molecular weight excluding hydrogens is 346 g/mol. The molecule has 0 unspecified atom stereocenters. The molecule has 0 atom stereocenters. The van der Waals surface area contributed by atoms with Crippen LogP contribution in [0.1, 0.15) is 0 Å². The van der Waals surface area contributed by atoms with Crippen molar-refractivity contribution < 1.29 is 18.0 Å². The fourth-order valence-electron chi connectivity index (χ4n) is 1.88. The van der Waals surface area contributed by atoms with Gasteiger partial charge in [0.15, 0.2) is 0 Å². The summed E-state index contributed by atoms with van der Waals surface area (Å²) >= 11 is 0. The van der Waals surface area contributed by atoms with E-state index < -0.39 is 16.1 Å². The topological polar surface area (TPSA) is 128 Å². The number of hydrazine groups is 1. The number of amides is 3. The Hall–Kier alpha value is -3.27. The first-order valence-corrected chi connectivity index (χ1v) is 8.60. The van der Waals surface area contributed by atoms with Crippen LogP contribution in [-0.2, 0) is 14.8 Å². The zero-order chi connectivity index (χ0) is 18.3. The lowest BCUT2D eigenvalue weighted by atomic mass is 10.3. The molecule has 132 valence electrons. The second kappa shape index (κ2) is 8.02. The van der Waals surface area contributed by atoms with Crippen LogP contribution in [0.3, 0.4) is 0 Å². The fraction of sp³-hybridized carbons (Fsp3) is 0.0667. The standard InChI is InChI=1S/C15H17N5O4S/c1-16-15(22)18-13-3-2-4-14(9-13)25(23,24)20-12-7-5-11(6-8-12)19-17-10-21/h2-10,19-20H,1H3,(H,17,21)(H2,16,18,22). The largest absolute Gasteiger partial charge is 0.341 e. The molecule has 2 aromatic carbocycles. The molecule has 3 amide bonds. The third kappa shape index (κ3) is 5.11. The summed E-state index contributed by atoms with van der Waals surface area (Å²) in [5.74, 6) is 0. The first kappa shape index (κ1) is 18.1. The van der Waals surface area contributed by atoms with Gasteiger partial charge in [0.25, 0.3) is 10.0 Å². The maximum absolute atomic E-state index is 12.5. The van der Waals surface area contributed by atoms with Crippen molar-refractivity contribution in [3.05, 3.63) is 48.5 Å². The molecule has 2 rings (SSSR count). The van der Waals surface area contributed by atoms with Gasteiger partial charge in [-0.2, -0.15) is 0 Å².